The van der Waals surface area contributed by atoms with Gasteiger partial charge in [-0.25, -0.2) is 0 Å². The average Bonchev–Trinajstić information content (AvgIpc) is 2.96. The zero-order valence-corrected chi connectivity index (χ0v) is 28.7. The molecule has 1 aliphatic rings. The smallest absolute Gasteiger partial charge is 0.162 e. The van der Waals surface area contributed by atoms with Crippen molar-refractivity contribution in [2.75, 3.05) is 0 Å². The van der Waals surface area contributed by atoms with Crippen molar-refractivity contribution in [3.8, 4) is 11.3 Å². The Morgan fingerprint density at radius 2 is 1.62 bits per heavy atom. The van der Waals surface area contributed by atoms with Crippen LogP contribution in [0, 0.1) is 17.9 Å². The summed E-state index contributed by atoms with van der Waals surface area (Å²) in [5, 5.41) is 13.3. The van der Waals surface area contributed by atoms with Crippen molar-refractivity contribution in [3.63, 3.8) is 0 Å². The van der Waals surface area contributed by atoms with Crippen LogP contribution in [0.5, 0.6) is 0 Å². The molecular weight excluding hydrogens is 697 g/mol. The molecule has 0 fully saturated rings. The number of carbonyl (C=O) groups is 1. The Kier molecular flexibility index (Phi) is 11.3. The fourth-order valence-corrected chi connectivity index (χ4v) is 5.93. The van der Waals surface area contributed by atoms with E-state index >= 15 is 0 Å². The Morgan fingerprint density at radius 1 is 0.976 bits per heavy atom. The van der Waals surface area contributed by atoms with Gasteiger partial charge in [0.2, 0.25) is 0 Å². The van der Waals surface area contributed by atoms with E-state index in [9.17, 15) is 9.90 Å². The summed E-state index contributed by atoms with van der Waals surface area (Å²) in [4.78, 5) is 21.5. The molecule has 4 nitrogen and oxygen atoms in total. The fraction of sp³-hybridized carbons (Fsp3) is 0.432. The first kappa shape index (κ1) is 33.6. The molecule has 0 bridgehead atoms. The van der Waals surface area contributed by atoms with Gasteiger partial charge in [0.25, 0.3) is 0 Å². The molecule has 0 saturated heterocycles. The Bertz CT molecular complexity index is 1580. The number of hydrogen-bond acceptors (Lipinski definition) is 4. The van der Waals surface area contributed by atoms with E-state index < -0.39 is 0 Å². The van der Waals surface area contributed by atoms with Crippen LogP contribution < -0.4 is 0 Å². The molecule has 0 saturated carbocycles. The fourth-order valence-electron chi connectivity index (χ4n) is 5.93. The van der Waals surface area contributed by atoms with Gasteiger partial charge in [-0.2, -0.15) is 0 Å². The molecule has 0 spiro atoms. The summed E-state index contributed by atoms with van der Waals surface area (Å²) < 4.78 is 0. The number of pyridine rings is 2. The maximum absolute atomic E-state index is 11.7. The number of ketones is 1. The van der Waals surface area contributed by atoms with E-state index in [0.717, 1.165) is 53.5 Å². The second-order valence-electron chi connectivity index (χ2n) is 12.1. The summed E-state index contributed by atoms with van der Waals surface area (Å²) in [5.41, 5.74) is 6.63. The molecule has 1 N–H and O–H groups in total. The minimum Gasteiger partial charge on any atom is -0.512 e. The second-order valence-corrected chi connectivity index (χ2v) is 12.1. The number of hydrogen-bond donors (Lipinski definition) is 1. The number of aliphatic hydroxyl groups excluding tert-OH is 1. The summed E-state index contributed by atoms with van der Waals surface area (Å²) in [5.74, 6) is 1.03. The molecule has 2 aromatic heterocycles. The summed E-state index contributed by atoms with van der Waals surface area (Å²) >= 11 is 0. The second kappa shape index (κ2) is 14.1. The zero-order valence-electron chi connectivity index (χ0n) is 26.3. The third kappa shape index (κ3) is 6.53. The van der Waals surface area contributed by atoms with Crippen LogP contribution in [-0.2, 0) is 30.3 Å². The number of aromatic nitrogens is 2. The van der Waals surface area contributed by atoms with E-state index in [4.69, 9.17) is 9.97 Å². The maximum Gasteiger partial charge on any atom is 0.162 e. The molecule has 5 rings (SSSR count). The van der Waals surface area contributed by atoms with Crippen LogP contribution in [0.15, 0.2) is 60.5 Å². The summed E-state index contributed by atoms with van der Waals surface area (Å²) in [7, 11) is 0. The van der Waals surface area contributed by atoms with Gasteiger partial charge in [0, 0.05) is 55.3 Å². The van der Waals surface area contributed by atoms with E-state index in [1.807, 2.05) is 46.0 Å². The van der Waals surface area contributed by atoms with E-state index in [1.165, 1.54) is 28.0 Å². The molecule has 0 amide bonds. The van der Waals surface area contributed by atoms with Crippen molar-refractivity contribution in [1.82, 2.24) is 9.97 Å². The number of aliphatic hydroxyl groups is 1. The Labute approximate surface area is 265 Å². The summed E-state index contributed by atoms with van der Waals surface area (Å²) in [6.45, 7) is 17.1. The van der Waals surface area contributed by atoms with E-state index in [-0.39, 0.29) is 48.9 Å². The van der Waals surface area contributed by atoms with Gasteiger partial charge >= 0.3 is 0 Å². The third-order valence-electron chi connectivity index (χ3n) is 8.77. The summed E-state index contributed by atoms with van der Waals surface area (Å²) in [6, 6.07) is 18.6. The van der Waals surface area contributed by atoms with Crippen LogP contribution in [-0.4, -0.2) is 20.9 Å². The normalized spacial score (nSPS) is 13.6. The molecule has 2 heterocycles. The van der Waals surface area contributed by atoms with Gasteiger partial charge in [-0.05, 0) is 70.8 Å². The third-order valence-corrected chi connectivity index (χ3v) is 8.77. The quantitative estimate of drug-likeness (QED) is 0.111. The van der Waals surface area contributed by atoms with Crippen LogP contribution in [0.2, 0.25) is 0 Å². The predicted molar refractivity (Wildman–Crippen MR) is 171 cm³/mol. The zero-order chi connectivity index (χ0) is 29.9. The molecule has 1 radical (unpaired) electrons. The van der Waals surface area contributed by atoms with Gasteiger partial charge in [-0.15, -0.1) is 12.1 Å². The van der Waals surface area contributed by atoms with Crippen molar-refractivity contribution in [2.45, 2.75) is 92.4 Å². The minimum atomic E-state index is -0.185. The van der Waals surface area contributed by atoms with Gasteiger partial charge in [0.15, 0.2) is 5.78 Å². The Morgan fingerprint density at radius 3 is 2.24 bits per heavy atom. The minimum absolute atomic E-state index is 0. The summed E-state index contributed by atoms with van der Waals surface area (Å²) in [6.07, 6.45) is 6.82. The Hall–Kier alpha value is -2.88. The molecule has 0 unspecified atom stereocenters. The first-order chi connectivity index (χ1) is 19.6. The van der Waals surface area contributed by atoms with E-state index in [1.54, 1.807) is 0 Å². The van der Waals surface area contributed by atoms with E-state index in [0.29, 0.717) is 5.92 Å². The first-order valence-electron chi connectivity index (χ1n) is 15.3. The van der Waals surface area contributed by atoms with Crippen LogP contribution in [0.25, 0.3) is 32.9 Å². The molecule has 5 heteroatoms. The molecule has 1 aliphatic carbocycles. The van der Waals surface area contributed by atoms with Crippen molar-refractivity contribution in [3.05, 3.63) is 83.4 Å². The molecule has 42 heavy (non-hydrogen) atoms. The van der Waals surface area contributed by atoms with Crippen molar-refractivity contribution in [2.24, 2.45) is 11.8 Å². The topological polar surface area (TPSA) is 63.1 Å². The molecular formula is C37H45IrN2O2-. The number of rotatable bonds is 8. The molecule has 0 atom stereocenters. The van der Waals surface area contributed by atoms with Crippen LogP contribution >= 0.6 is 0 Å². The molecule has 4 aromatic rings. The maximum atomic E-state index is 11.7. The van der Waals surface area contributed by atoms with Crippen molar-refractivity contribution in [1.29, 1.82) is 0 Å². The molecule has 2 aromatic carbocycles. The van der Waals surface area contributed by atoms with Gasteiger partial charge in [0.05, 0.1) is 5.76 Å². The van der Waals surface area contributed by atoms with Crippen LogP contribution in [0.3, 0.4) is 0 Å². The predicted octanol–water partition coefficient (Wildman–Crippen LogP) is 9.88. The number of fused-ring (bicyclic) bond motifs is 3. The molecule has 225 valence electrons. The van der Waals surface area contributed by atoms with Gasteiger partial charge in [0.1, 0.15) is 0 Å². The number of carbonyl (C=O) groups excluding carboxylic acids is 1. The van der Waals surface area contributed by atoms with Gasteiger partial charge in [-0.1, -0.05) is 96.7 Å². The number of allylic oxidation sites excluding steroid dienone is 2. The number of para-hydroxylation sites is 1. The van der Waals surface area contributed by atoms with Crippen molar-refractivity contribution < 1.29 is 30.0 Å². The average molecular weight is 742 g/mol. The van der Waals surface area contributed by atoms with E-state index in [2.05, 4.69) is 64.1 Å². The largest absolute Gasteiger partial charge is 0.512 e. The van der Waals surface area contributed by atoms with Crippen LogP contribution in [0.1, 0.15) is 104 Å². The SMILES string of the molecule is CC(C)c1cc2c3c(nccc3c1)-c1[c-]c3ccccc3nc1C2(C)C.CCC(CC)C(=O)/C=C(\O)C(CC)CC.[Ir]. The monoisotopic (exact) mass is 742 g/mol. The molecule has 0 aliphatic heterocycles. The van der Waals surface area contributed by atoms with Crippen LogP contribution in [0.4, 0.5) is 0 Å². The van der Waals surface area contributed by atoms with Gasteiger partial charge < -0.3 is 10.1 Å². The number of benzene rings is 2. The number of nitrogens with zero attached hydrogens (tertiary/aromatic N) is 2. The standard InChI is InChI=1S/C24H21N2.C13H24O2.Ir/c1-14(2)17-11-16-9-10-25-22-18-12-15-7-5-6-8-20(15)26-23(18)24(3,4)19(13-17)21(16)22;1-5-10(6-2)12(14)9-13(15)11(7-3)8-4;/h5-11,13-14H,1-4H3;9-11,14H,5-8H2,1-4H3;/q-1;;/b;12-9-;. The Balaban J connectivity index is 0.000000263. The van der Waals surface area contributed by atoms with Gasteiger partial charge in [-0.3, -0.25) is 9.78 Å². The van der Waals surface area contributed by atoms with Crippen molar-refractivity contribution >= 4 is 27.5 Å². The first-order valence-corrected chi connectivity index (χ1v) is 15.3.